The van der Waals surface area contributed by atoms with Gasteiger partial charge in [0, 0.05) is 0 Å². The molecule has 0 atom stereocenters. The molecule has 0 heterocycles. The van der Waals surface area contributed by atoms with Crippen LogP contribution < -0.4 is 4.74 Å². The zero-order valence-corrected chi connectivity index (χ0v) is 20.4. The minimum atomic E-state index is -0.900. The molecule has 0 unspecified atom stereocenters. The molecule has 0 aliphatic heterocycles. The molecule has 1 aliphatic rings. The average Bonchev–Trinajstić information content (AvgIpc) is 2.86. The van der Waals surface area contributed by atoms with Crippen molar-refractivity contribution in [3.63, 3.8) is 0 Å². The van der Waals surface area contributed by atoms with Gasteiger partial charge in [0.05, 0.1) is 0 Å². The van der Waals surface area contributed by atoms with Gasteiger partial charge in [-0.2, -0.15) is 4.39 Å². The summed E-state index contributed by atoms with van der Waals surface area (Å²) >= 11 is 0. The van der Waals surface area contributed by atoms with Crippen molar-refractivity contribution in [1.82, 2.24) is 0 Å². The molecule has 0 radical (unpaired) electrons. The van der Waals surface area contributed by atoms with E-state index in [4.69, 9.17) is 4.74 Å². The number of ether oxygens (including phenoxy) is 1. The van der Waals surface area contributed by atoms with E-state index in [1.807, 2.05) is 30.3 Å². The molecule has 0 N–H and O–H groups in total. The summed E-state index contributed by atoms with van der Waals surface area (Å²) in [6.45, 7) is 5.71. The minimum Gasteiger partial charge on any atom is -0.486 e. The Kier molecular flexibility index (Phi) is 9.62. The smallest absolute Gasteiger partial charge is 0.200 e. The molecule has 0 aromatic heterocycles. The Bertz CT molecular complexity index is 1030. The highest BCUT2D eigenvalue weighted by Gasteiger charge is 2.26. The molecule has 1 nitrogen and oxygen atoms in total. The zero-order chi connectivity index (χ0) is 24.5. The van der Waals surface area contributed by atoms with E-state index in [0.717, 1.165) is 42.7 Å². The van der Waals surface area contributed by atoms with Crippen LogP contribution in [0.15, 0.2) is 66.0 Å². The van der Waals surface area contributed by atoms with Crippen LogP contribution in [0.3, 0.4) is 0 Å². The van der Waals surface area contributed by atoms with Crippen LogP contribution in [0, 0.1) is 17.6 Å². The fourth-order valence-electron chi connectivity index (χ4n) is 4.64. The van der Waals surface area contributed by atoms with E-state index in [-0.39, 0.29) is 24.1 Å². The Morgan fingerprint density at radius 3 is 2.35 bits per heavy atom. The molecule has 34 heavy (non-hydrogen) atoms. The van der Waals surface area contributed by atoms with Crippen molar-refractivity contribution in [2.45, 2.75) is 71.8 Å². The van der Waals surface area contributed by atoms with Gasteiger partial charge in [-0.1, -0.05) is 74.4 Å². The van der Waals surface area contributed by atoms with Crippen LogP contribution in [0.1, 0.15) is 81.9 Å². The normalized spacial score (nSPS) is 19.6. The highest BCUT2D eigenvalue weighted by atomic mass is 19.2. The standard InChI is InChI=1S/C30H35F3O/c1-4-7-22-14-16-25(17-15-22)26-18-19-28(30(33)29(26)32)34-20-24-12-10-23(11-13-24)9-6-8-21(3)27(31)5-2/h5-6,8-13,18-19,22,25H,4,7,14-17,20H2,1-3H3/b9-6+,21-8-,27-5+. The first-order valence-electron chi connectivity index (χ1n) is 12.3. The van der Waals surface area contributed by atoms with Crippen LogP contribution >= 0.6 is 0 Å². The van der Waals surface area contributed by atoms with E-state index in [1.54, 1.807) is 38.1 Å². The molecular formula is C30H35F3O. The molecule has 2 aromatic rings. The first-order chi connectivity index (χ1) is 16.4. The van der Waals surface area contributed by atoms with Gasteiger partial charge in [0.15, 0.2) is 11.6 Å². The largest absolute Gasteiger partial charge is 0.486 e. The summed E-state index contributed by atoms with van der Waals surface area (Å²) in [5, 5.41) is 0. The lowest BCUT2D eigenvalue weighted by Crippen LogP contribution is -2.15. The third-order valence-corrected chi connectivity index (χ3v) is 6.70. The summed E-state index contributed by atoms with van der Waals surface area (Å²) in [6, 6.07) is 10.8. The first kappa shape index (κ1) is 25.9. The number of rotatable bonds is 9. The molecule has 1 aliphatic carbocycles. The van der Waals surface area contributed by atoms with Gasteiger partial charge < -0.3 is 4.74 Å². The highest BCUT2D eigenvalue weighted by molar-refractivity contribution is 5.52. The van der Waals surface area contributed by atoms with Crippen molar-refractivity contribution >= 4 is 6.08 Å². The van der Waals surface area contributed by atoms with Crippen molar-refractivity contribution < 1.29 is 17.9 Å². The number of halogens is 3. The lowest BCUT2D eigenvalue weighted by molar-refractivity contribution is 0.279. The Labute approximate surface area is 202 Å². The second-order valence-electron chi connectivity index (χ2n) is 9.16. The maximum Gasteiger partial charge on any atom is 0.200 e. The minimum absolute atomic E-state index is 0.0588. The predicted octanol–water partition coefficient (Wildman–Crippen LogP) is 9.45. The lowest BCUT2D eigenvalue weighted by Gasteiger charge is -2.29. The Morgan fingerprint density at radius 1 is 1.00 bits per heavy atom. The fraction of sp³-hybridized carbons (Fsp3) is 0.400. The van der Waals surface area contributed by atoms with Gasteiger partial charge >= 0.3 is 0 Å². The maximum atomic E-state index is 14.8. The number of hydrogen-bond acceptors (Lipinski definition) is 1. The molecule has 2 aromatic carbocycles. The SMILES string of the molecule is C\C=C(F)/C(C)=C\C=C\c1ccc(COc2ccc(C3CCC(CCC)CC3)c(F)c2F)cc1. The zero-order valence-electron chi connectivity index (χ0n) is 20.4. The summed E-state index contributed by atoms with van der Waals surface area (Å²) in [5.41, 5.74) is 2.84. The van der Waals surface area contributed by atoms with Gasteiger partial charge in [-0.05, 0) is 79.7 Å². The summed E-state index contributed by atoms with van der Waals surface area (Å²) in [4.78, 5) is 0. The Hall–Kier alpha value is -2.75. The van der Waals surface area contributed by atoms with E-state index >= 15 is 0 Å². The van der Waals surface area contributed by atoms with Crippen LogP contribution in [-0.4, -0.2) is 0 Å². The molecule has 3 rings (SSSR count). The third kappa shape index (κ3) is 6.88. The maximum absolute atomic E-state index is 14.8. The van der Waals surface area contributed by atoms with E-state index in [0.29, 0.717) is 11.1 Å². The van der Waals surface area contributed by atoms with E-state index in [1.165, 1.54) is 18.9 Å². The quantitative estimate of drug-likeness (QED) is 0.333. The van der Waals surface area contributed by atoms with Crippen molar-refractivity contribution in [3.05, 3.63) is 94.4 Å². The molecule has 0 spiro atoms. The molecule has 4 heteroatoms. The van der Waals surface area contributed by atoms with Crippen LogP contribution in [0.5, 0.6) is 5.75 Å². The Balaban J connectivity index is 1.58. The van der Waals surface area contributed by atoms with Crippen LogP contribution in [-0.2, 0) is 6.61 Å². The van der Waals surface area contributed by atoms with Gasteiger partial charge in [-0.15, -0.1) is 0 Å². The van der Waals surface area contributed by atoms with Gasteiger partial charge in [-0.3, -0.25) is 0 Å². The molecular weight excluding hydrogens is 433 g/mol. The average molecular weight is 469 g/mol. The first-order valence-corrected chi connectivity index (χ1v) is 12.3. The number of benzene rings is 2. The van der Waals surface area contributed by atoms with E-state index in [2.05, 4.69) is 6.92 Å². The fourth-order valence-corrected chi connectivity index (χ4v) is 4.64. The number of hydrogen-bond donors (Lipinski definition) is 0. The molecule has 0 saturated heterocycles. The summed E-state index contributed by atoms with van der Waals surface area (Å²) in [6.07, 6.45) is 13.2. The lowest BCUT2D eigenvalue weighted by atomic mass is 9.77. The van der Waals surface area contributed by atoms with Crippen LogP contribution in [0.2, 0.25) is 0 Å². The second kappa shape index (κ2) is 12.6. The summed E-state index contributed by atoms with van der Waals surface area (Å²) < 4.78 is 48.6. The van der Waals surface area contributed by atoms with Gasteiger partial charge in [0.1, 0.15) is 12.4 Å². The topological polar surface area (TPSA) is 9.23 Å². The molecule has 0 amide bonds. The van der Waals surface area contributed by atoms with Crippen molar-refractivity contribution in [3.8, 4) is 5.75 Å². The summed E-state index contributed by atoms with van der Waals surface area (Å²) in [7, 11) is 0. The van der Waals surface area contributed by atoms with E-state index in [9.17, 15) is 13.2 Å². The second-order valence-corrected chi connectivity index (χ2v) is 9.16. The highest BCUT2D eigenvalue weighted by Crippen LogP contribution is 2.39. The number of allylic oxidation sites excluding steroid dienone is 5. The van der Waals surface area contributed by atoms with Crippen LogP contribution in [0.25, 0.3) is 6.08 Å². The van der Waals surface area contributed by atoms with Crippen molar-refractivity contribution in [2.75, 3.05) is 0 Å². The Morgan fingerprint density at radius 2 is 1.71 bits per heavy atom. The summed E-state index contributed by atoms with van der Waals surface area (Å²) in [5.74, 6) is -1.16. The van der Waals surface area contributed by atoms with Gasteiger partial charge in [-0.25, -0.2) is 8.78 Å². The predicted molar refractivity (Wildman–Crippen MR) is 134 cm³/mol. The van der Waals surface area contributed by atoms with Crippen molar-refractivity contribution in [2.24, 2.45) is 5.92 Å². The molecule has 1 fully saturated rings. The molecule has 1 saturated carbocycles. The molecule has 182 valence electrons. The van der Waals surface area contributed by atoms with E-state index < -0.39 is 11.6 Å². The van der Waals surface area contributed by atoms with Gasteiger partial charge in [0.2, 0.25) is 5.82 Å². The van der Waals surface area contributed by atoms with Crippen molar-refractivity contribution in [1.29, 1.82) is 0 Å². The van der Waals surface area contributed by atoms with Crippen LogP contribution in [0.4, 0.5) is 13.2 Å². The molecule has 0 bridgehead atoms. The third-order valence-electron chi connectivity index (χ3n) is 6.70. The van der Waals surface area contributed by atoms with Gasteiger partial charge in [0.25, 0.3) is 0 Å². The monoisotopic (exact) mass is 468 g/mol.